The number of aliphatic carboxylic acids is 2. The molecule has 284 valence electrons. The summed E-state index contributed by atoms with van der Waals surface area (Å²) in [5.74, 6) is -0.952. The van der Waals surface area contributed by atoms with E-state index in [2.05, 4.69) is 13.8 Å². The number of hydrogen-bond acceptors (Lipinski definition) is 6. The van der Waals surface area contributed by atoms with E-state index in [4.69, 9.17) is 14.6 Å². The van der Waals surface area contributed by atoms with E-state index >= 15 is 0 Å². The fourth-order valence-corrected chi connectivity index (χ4v) is 5.66. The minimum Gasteiger partial charge on any atom is -0.481 e. The molecule has 0 atom stereocenters. The maximum Gasteiger partial charge on any atom is 0.309 e. The number of carboxylic acid groups (broad SMARTS) is 2. The van der Waals surface area contributed by atoms with Crippen LogP contribution in [-0.2, 0) is 28.7 Å². The van der Waals surface area contributed by atoms with E-state index in [1.165, 1.54) is 51.4 Å². The fraction of sp³-hybridized carbons (Fsp3) is 0.900. The third kappa shape index (κ3) is 32.4. The third-order valence-corrected chi connectivity index (χ3v) is 8.68. The van der Waals surface area contributed by atoms with Gasteiger partial charge in [0.15, 0.2) is 0 Å². The Balaban J connectivity index is 0. The number of carbonyl (C=O) groups excluding carboxylic acids is 2. The van der Waals surface area contributed by atoms with Gasteiger partial charge in [0.2, 0.25) is 0 Å². The highest BCUT2D eigenvalue weighted by Gasteiger charge is 2.36. The monoisotopic (exact) mass is 685 g/mol. The van der Waals surface area contributed by atoms with Gasteiger partial charge in [-0.2, -0.15) is 0 Å². The summed E-state index contributed by atoms with van der Waals surface area (Å²) in [5, 5.41) is 18.9. The Kier molecular flexibility index (Phi) is 33.4. The van der Waals surface area contributed by atoms with Gasteiger partial charge in [-0.15, -0.1) is 0 Å². The first-order valence-corrected chi connectivity index (χ1v) is 19.7. The summed E-state index contributed by atoms with van der Waals surface area (Å²) in [6.45, 7) is 13.4. The van der Waals surface area contributed by atoms with Crippen LogP contribution < -0.4 is 0 Å². The van der Waals surface area contributed by atoms with Crippen LogP contribution in [0.5, 0.6) is 0 Å². The lowest BCUT2D eigenvalue weighted by molar-refractivity contribution is -0.151. The molecule has 0 aromatic carbocycles. The van der Waals surface area contributed by atoms with E-state index in [9.17, 15) is 24.3 Å². The van der Waals surface area contributed by atoms with Crippen LogP contribution in [0.1, 0.15) is 202 Å². The van der Waals surface area contributed by atoms with Gasteiger partial charge in [-0.1, -0.05) is 144 Å². The third-order valence-electron chi connectivity index (χ3n) is 8.68. The van der Waals surface area contributed by atoms with E-state index in [0.717, 1.165) is 77.0 Å². The molecule has 0 aromatic heterocycles. The molecule has 8 nitrogen and oxygen atoms in total. The maximum absolute atomic E-state index is 12.3. The van der Waals surface area contributed by atoms with Crippen LogP contribution in [0.2, 0.25) is 0 Å². The van der Waals surface area contributed by atoms with Gasteiger partial charge in [-0.25, -0.2) is 0 Å². The number of esters is 2. The predicted molar refractivity (Wildman–Crippen MR) is 196 cm³/mol. The standard InChI is InChI=1S/C26H50O4.C14H26O4/c1-3-5-7-9-13-17-21-26(25(29)30,22-18-14-10-8-6-4-2)23-19-15-11-12-16-20-24(27)28;1-11(2)9-17-13(15)7-5-6-8-14(16)18-10-12(3)4/h3-23H2,1-2H3,(H,27,28)(H,29,30);11-12H,5-10H2,1-4H3. The second kappa shape index (κ2) is 33.4. The lowest BCUT2D eigenvalue weighted by Gasteiger charge is -2.30. The molecule has 48 heavy (non-hydrogen) atoms. The molecule has 0 rings (SSSR count). The summed E-state index contributed by atoms with van der Waals surface area (Å²) < 4.78 is 10.1. The molecule has 0 aromatic rings. The molecule has 0 aliphatic rings. The van der Waals surface area contributed by atoms with Crippen molar-refractivity contribution in [1.82, 2.24) is 0 Å². The first-order chi connectivity index (χ1) is 22.9. The van der Waals surface area contributed by atoms with Crippen LogP contribution >= 0.6 is 0 Å². The van der Waals surface area contributed by atoms with Crippen LogP contribution in [0.15, 0.2) is 0 Å². The SMILES string of the molecule is CC(C)COC(=O)CCCCC(=O)OCC(C)C.CCCCCCCCC(CCCCCCCC)(CCCCCCCC(=O)O)C(=O)O. The van der Waals surface area contributed by atoms with Gasteiger partial charge in [-0.05, 0) is 50.4 Å². The fourth-order valence-electron chi connectivity index (χ4n) is 5.66. The Hall–Kier alpha value is -2.12. The summed E-state index contributed by atoms with van der Waals surface area (Å²) in [4.78, 5) is 45.5. The van der Waals surface area contributed by atoms with E-state index in [-0.39, 0.29) is 18.4 Å². The number of ether oxygens (including phenoxy) is 2. The van der Waals surface area contributed by atoms with Crippen molar-refractivity contribution in [3.8, 4) is 0 Å². The minimum atomic E-state index is -0.724. The van der Waals surface area contributed by atoms with Crippen molar-refractivity contribution in [3.63, 3.8) is 0 Å². The van der Waals surface area contributed by atoms with Crippen molar-refractivity contribution in [2.24, 2.45) is 17.3 Å². The highest BCUT2D eigenvalue weighted by atomic mass is 16.5. The molecule has 8 heteroatoms. The zero-order chi connectivity index (χ0) is 36.5. The molecule has 0 bridgehead atoms. The van der Waals surface area contributed by atoms with Crippen LogP contribution in [0.3, 0.4) is 0 Å². The summed E-state index contributed by atoms with van der Waals surface area (Å²) in [6, 6.07) is 0. The molecule has 0 aliphatic heterocycles. The van der Waals surface area contributed by atoms with E-state index < -0.39 is 17.4 Å². The minimum absolute atomic E-state index is 0.181. The molecule has 0 radical (unpaired) electrons. The lowest BCUT2D eigenvalue weighted by atomic mass is 9.74. The molecule has 2 N–H and O–H groups in total. The van der Waals surface area contributed by atoms with Crippen LogP contribution in [0.4, 0.5) is 0 Å². The second-order valence-electron chi connectivity index (χ2n) is 14.6. The molecule has 0 aliphatic carbocycles. The van der Waals surface area contributed by atoms with Crippen molar-refractivity contribution in [2.75, 3.05) is 13.2 Å². The topological polar surface area (TPSA) is 127 Å². The first-order valence-electron chi connectivity index (χ1n) is 19.7. The van der Waals surface area contributed by atoms with Gasteiger partial charge in [0.1, 0.15) is 0 Å². The average molecular weight is 685 g/mol. The van der Waals surface area contributed by atoms with Gasteiger partial charge in [0, 0.05) is 19.3 Å². The van der Waals surface area contributed by atoms with Crippen LogP contribution in [0, 0.1) is 17.3 Å². The number of carbonyl (C=O) groups is 4. The normalized spacial score (nSPS) is 11.3. The highest BCUT2D eigenvalue weighted by Crippen LogP contribution is 2.38. The smallest absolute Gasteiger partial charge is 0.309 e. The molecule has 0 spiro atoms. The number of rotatable bonds is 32. The van der Waals surface area contributed by atoms with E-state index in [1.54, 1.807) is 0 Å². The molecule has 0 amide bonds. The Bertz CT molecular complexity index is 750. The summed E-state index contributed by atoms with van der Waals surface area (Å²) in [7, 11) is 0. The molecule has 0 saturated heterocycles. The lowest BCUT2D eigenvalue weighted by Crippen LogP contribution is -2.31. The highest BCUT2D eigenvalue weighted by molar-refractivity contribution is 5.74. The van der Waals surface area contributed by atoms with Gasteiger partial charge in [0.25, 0.3) is 0 Å². The maximum atomic E-state index is 12.3. The Labute approximate surface area is 294 Å². The van der Waals surface area contributed by atoms with E-state index in [0.29, 0.717) is 50.7 Å². The summed E-state index contributed by atoms with van der Waals surface area (Å²) in [6.07, 6.45) is 23.8. The first kappa shape index (κ1) is 48.0. The molecule has 0 heterocycles. The van der Waals surface area contributed by atoms with Crippen molar-refractivity contribution >= 4 is 23.9 Å². The molecular formula is C40H76O8. The summed E-state index contributed by atoms with van der Waals surface area (Å²) >= 11 is 0. The van der Waals surface area contributed by atoms with E-state index in [1.807, 2.05) is 27.7 Å². The van der Waals surface area contributed by atoms with Crippen molar-refractivity contribution in [2.45, 2.75) is 202 Å². The van der Waals surface area contributed by atoms with Crippen LogP contribution in [-0.4, -0.2) is 47.3 Å². The Morgan fingerprint density at radius 2 is 0.792 bits per heavy atom. The number of unbranched alkanes of at least 4 members (excludes halogenated alkanes) is 15. The van der Waals surface area contributed by atoms with Crippen molar-refractivity contribution in [1.29, 1.82) is 0 Å². The Morgan fingerprint density at radius 1 is 0.479 bits per heavy atom. The van der Waals surface area contributed by atoms with Crippen molar-refractivity contribution < 1.29 is 38.9 Å². The molecule has 0 fully saturated rings. The van der Waals surface area contributed by atoms with Gasteiger partial charge in [-0.3, -0.25) is 19.2 Å². The van der Waals surface area contributed by atoms with Gasteiger partial charge < -0.3 is 19.7 Å². The molecule has 0 unspecified atom stereocenters. The predicted octanol–water partition coefficient (Wildman–Crippen LogP) is 11.3. The van der Waals surface area contributed by atoms with Gasteiger partial charge >= 0.3 is 23.9 Å². The zero-order valence-corrected chi connectivity index (χ0v) is 32.1. The molecule has 0 saturated carbocycles. The average Bonchev–Trinajstić information content (AvgIpc) is 3.03. The summed E-state index contributed by atoms with van der Waals surface area (Å²) in [5.41, 5.74) is -0.545. The van der Waals surface area contributed by atoms with Gasteiger partial charge in [0.05, 0.1) is 18.6 Å². The molecular weight excluding hydrogens is 608 g/mol. The number of carboxylic acids is 2. The van der Waals surface area contributed by atoms with Crippen molar-refractivity contribution in [3.05, 3.63) is 0 Å². The Morgan fingerprint density at radius 3 is 1.10 bits per heavy atom. The largest absolute Gasteiger partial charge is 0.481 e. The second-order valence-corrected chi connectivity index (χ2v) is 14.6. The zero-order valence-electron chi connectivity index (χ0n) is 32.1. The number of hydrogen-bond donors (Lipinski definition) is 2. The quantitative estimate of drug-likeness (QED) is 0.0529. The van der Waals surface area contributed by atoms with Crippen LogP contribution in [0.25, 0.3) is 0 Å².